The molecule has 0 radical (unpaired) electrons. The van der Waals surface area contributed by atoms with Crippen molar-refractivity contribution in [2.24, 2.45) is 0 Å². The van der Waals surface area contributed by atoms with Gasteiger partial charge in [-0.3, -0.25) is 9.89 Å². The van der Waals surface area contributed by atoms with Crippen molar-refractivity contribution in [1.82, 2.24) is 15.7 Å². The topological polar surface area (TPSA) is 67.0 Å². The summed E-state index contributed by atoms with van der Waals surface area (Å²) >= 11 is 6.11. The van der Waals surface area contributed by atoms with Crippen molar-refractivity contribution in [2.75, 3.05) is 7.05 Å². The van der Waals surface area contributed by atoms with Gasteiger partial charge in [-0.15, -0.1) is 0 Å². The molecule has 6 heteroatoms. The molecule has 3 aromatic rings. The Morgan fingerprint density at radius 2 is 2.04 bits per heavy atom. The van der Waals surface area contributed by atoms with Crippen molar-refractivity contribution in [1.29, 1.82) is 0 Å². The molecule has 1 atom stereocenters. The number of halogens is 1. The summed E-state index contributed by atoms with van der Waals surface area (Å²) in [4.78, 5) is 16.8. The van der Waals surface area contributed by atoms with E-state index in [2.05, 4.69) is 15.7 Å². The first-order valence-electron chi connectivity index (χ1n) is 7.24. The fraction of sp³-hybridized carbons (Fsp3) is 0.176. The van der Waals surface area contributed by atoms with E-state index in [1.165, 1.54) is 0 Å². The molecule has 0 bridgehead atoms. The Bertz CT molecular complexity index is 817. The van der Waals surface area contributed by atoms with Crippen LogP contribution >= 0.6 is 11.6 Å². The van der Waals surface area contributed by atoms with Crippen molar-refractivity contribution in [3.8, 4) is 0 Å². The average molecular weight is 330 g/mol. The molecule has 0 saturated heterocycles. The fourth-order valence-corrected chi connectivity index (χ4v) is 2.85. The number of hydrogen-bond acceptors (Lipinski definition) is 4. The zero-order valence-corrected chi connectivity index (χ0v) is 13.3. The summed E-state index contributed by atoms with van der Waals surface area (Å²) in [6.45, 7) is 0. The van der Waals surface area contributed by atoms with Crippen LogP contribution in [0, 0.1) is 0 Å². The standard InChI is InChI=1S/C17H16ClN3O2/c1-19-23-16(22)10-13(11-5-3-2-4-6-11)12-7-8-15-14(9-12)17(18)21-20-15/h2-9,13,19H,10H2,1H3,(H,20,21)/t13-/m1/s1. The summed E-state index contributed by atoms with van der Waals surface area (Å²) in [6, 6.07) is 15.7. The molecule has 0 saturated carbocycles. The minimum absolute atomic E-state index is 0.118. The number of hydrogen-bond donors (Lipinski definition) is 2. The van der Waals surface area contributed by atoms with E-state index in [1.807, 2.05) is 48.5 Å². The highest BCUT2D eigenvalue weighted by molar-refractivity contribution is 6.34. The molecular weight excluding hydrogens is 314 g/mol. The number of nitrogens with zero attached hydrogens (tertiary/aromatic N) is 1. The number of H-pyrrole nitrogens is 1. The summed E-state index contributed by atoms with van der Waals surface area (Å²) in [5.74, 6) is -0.438. The zero-order valence-electron chi connectivity index (χ0n) is 12.5. The van der Waals surface area contributed by atoms with E-state index in [4.69, 9.17) is 16.4 Å². The fourth-order valence-electron chi connectivity index (χ4n) is 2.65. The lowest BCUT2D eigenvalue weighted by atomic mass is 9.88. The molecule has 118 valence electrons. The van der Waals surface area contributed by atoms with Crippen LogP contribution in [0.1, 0.15) is 23.5 Å². The van der Waals surface area contributed by atoms with Crippen molar-refractivity contribution in [2.45, 2.75) is 12.3 Å². The normalized spacial score (nSPS) is 12.3. The van der Waals surface area contributed by atoms with Gasteiger partial charge in [0, 0.05) is 18.4 Å². The first-order valence-corrected chi connectivity index (χ1v) is 7.61. The second kappa shape index (κ2) is 6.81. The van der Waals surface area contributed by atoms with Crippen LogP contribution in [-0.2, 0) is 9.63 Å². The van der Waals surface area contributed by atoms with E-state index in [0.717, 1.165) is 22.0 Å². The lowest BCUT2D eigenvalue weighted by molar-refractivity contribution is -0.150. The Balaban J connectivity index is 2.01. The SMILES string of the molecule is CNOC(=O)C[C@H](c1ccccc1)c1ccc2[nH]nc(Cl)c2c1. The van der Waals surface area contributed by atoms with E-state index in [1.54, 1.807) is 7.05 Å². The van der Waals surface area contributed by atoms with Crippen LogP contribution in [0.5, 0.6) is 0 Å². The molecule has 0 spiro atoms. The molecule has 0 aliphatic heterocycles. The van der Waals surface area contributed by atoms with Crippen LogP contribution in [0.4, 0.5) is 0 Å². The lowest BCUT2D eigenvalue weighted by Crippen LogP contribution is -2.18. The van der Waals surface area contributed by atoms with E-state index < -0.39 is 0 Å². The maximum absolute atomic E-state index is 12.0. The molecule has 1 aromatic heterocycles. The molecule has 1 heterocycles. The van der Waals surface area contributed by atoms with Gasteiger partial charge >= 0.3 is 5.97 Å². The number of fused-ring (bicyclic) bond motifs is 1. The third-order valence-electron chi connectivity index (χ3n) is 3.73. The number of carbonyl (C=O) groups is 1. The van der Waals surface area contributed by atoms with Crippen LogP contribution < -0.4 is 5.48 Å². The minimum atomic E-state index is -0.320. The molecule has 2 aromatic carbocycles. The summed E-state index contributed by atoms with van der Waals surface area (Å²) in [5.41, 5.74) is 5.32. The van der Waals surface area contributed by atoms with Gasteiger partial charge < -0.3 is 4.84 Å². The van der Waals surface area contributed by atoms with Crippen LogP contribution in [-0.4, -0.2) is 23.2 Å². The van der Waals surface area contributed by atoms with Crippen LogP contribution in [0.15, 0.2) is 48.5 Å². The molecule has 0 amide bonds. The smallest absolute Gasteiger partial charge is 0.325 e. The quantitative estimate of drug-likeness (QED) is 0.704. The number of benzene rings is 2. The number of aromatic amines is 1. The zero-order chi connectivity index (χ0) is 16.2. The van der Waals surface area contributed by atoms with Gasteiger partial charge in [-0.2, -0.15) is 10.6 Å². The summed E-state index contributed by atoms with van der Waals surface area (Å²) in [5, 5.41) is 8.13. The highest BCUT2D eigenvalue weighted by Gasteiger charge is 2.20. The Morgan fingerprint density at radius 1 is 1.26 bits per heavy atom. The molecule has 0 aliphatic rings. The molecule has 23 heavy (non-hydrogen) atoms. The second-order valence-corrected chi connectivity index (χ2v) is 5.52. The Morgan fingerprint density at radius 3 is 2.78 bits per heavy atom. The lowest BCUT2D eigenvalue weighted by Gasteiger charge is -2.17. The first-order chi connectivity index (χ1) is 11.2. The third kappa shape index (κ3) is 3.36. The average Bonchev–Trinajstić information content (AvgIpc) is 2.94. The molecule has 5 nitrogen and oxygen atoms in total. The monoisotopic (exact) mass is 329 g/mol. The minimum Gasteiger partial charge on any atom is -0.371 e. The Hall–Kier alpha value is -2.37. The van der Waals surface area contributed by atoms with Gasteiger partial charge in [-0.25, -0.2) is 0 Å². The highest BCUT2D eigenvalue weighted by Crippen LogP contribution is 2.31. The van der Waals surface area contributed by atoms with Crippen molar-refractivity contribution in [3.63, 3.8) is 0 Å². The van der Waals surface area contributed by atoms with E-state index in [-0.39, 0.29) is 18.3 Å². The largest absolute Gasteiger partial charge is 0.371 e. The van der Waals surface area contributed by atoms with Crippen LogP contribution in [0.3, 0.4) is 0 Å². The molecule has 0 fully saturated rings. The van der Waals surface area contributed by atoms with E-state index in [0.29, 0.717) is 5.15 Å². The number of aromatic nitrogens is 2. The van der Waals surface area contributed by atoms with E-state index >= 15 is 0 Å². The van der Waals surface area contributed by atoms with E-state index in [9.17, 15) is 4.79 Å². The molecular formula is C17H16ClN3O2. The van der Waals surface area contributed by atoms with Gasteiger partial charge in [0.15, 0.2) is 5.15 Å². The van der Waals surface area contributed by atoms with Crippen LogP contribution in [0.25, 0.3) is 10.9 Å². The van der Waals surface area contributed by atoms with Gasteiger partial charge in [-0.1, -0.05) is 48.0 Å². The van der Waals surface area contributed by atoms with Gasteiger partial charge in [0.2, 0.25) is 0 Å². The third-order valence-corrected chi connectivity index (χ3v) is 4.02. The predicted molar refractivity (Wildman–Crippen MR) is 89.2 cm³/mol. The number of carbonyl (C=O) groups excluding carboxylic acids is 1. The molecule has 0 aliphatic carbocycles. The summed E-state index contributed by atoms with van der Waals surface area (Å²) in [6.07, 6.45) is 0.228. The number of rotatable bonds is 5. The van der Waals surface area contributed by atoms with Crippen molar-refractivity contribution >= 4 is 28.5 Å². The Labute approximate surface area is 138 Å². The van der Waals surface area contributed by atoms with Crippen molar-refractivity contribution < 1.29 is 9.63 Å². The van der Waals surface area contributed by atoms with Crippen LogP contribution in [0.2, 0.25) is 5.15 Å². The number of nitrogens with one attached hydrogen (secondary N) is 2. The first kappa shape index (κ1) is 15.5. The van der Waals surface area contributed by atoms with Gasteiger partial charge in [-0.05, 0) is 23.3 Å². The van der Waals surface area contributed by atoms with Crippen molar-refractivity contribution in [3.05, 3.63) is 64.8 Å². The summed E-state index contributed by atoms with van der Waals surface area (Å²) in [7, 11) is 1.56. The van der Waals surface area contributed by atoms with Gasteiger partial charge in [0.05, 0.1) is 11.9 Å². The maximum Gasteiger partial charge on any atom is 0.325 e. The maximum atomic E-state index is 12.0. The molecule has 0 unspecified atom stereocenters. The van der Waals surface area contributed by atoms with Gasteiger partial charge in [0.25, 0.3) is 0 Å². The summed E-state index contributed by atoms with van der Waals surface area (Å²) < 4.78 is 0. The molecule has 3 rings (SSSR count). The van der Waals surface area contributed by atoms with Gasteiger partial charge in [0.1, 0.15) is 0 Å². The Kier molecular flexibility index (Phi) is 4.60. The predicted octanol–water partition coefficient (Wildman–Crippen LogP) is 3.42. The highest BCUT2D eigenvalue weighted by atomic mass is 35.5. The second-order valence-electron chi connectivity index (χ2n) is 5.17. The molecule has 2 N–H and O–H groups in total. The number of hydroxylamine groups is 1.